The number of nitrogens with zero attached hydrogens (tertiary/aromatic N) is 4. The van der Waals surface area contributed by atoms with Crippen LogP contribution in [0, 0.1) is 0 Å². The Bertz CT molecular complexity index is 1240. The predicted molar refractivity (Wildman–Crippen MR) is 124 cm³/mol. The Balaban J connectivity index is 1.67. The summed E-state index contributed by atoms with van der Waals surface area (Å²) in [7, 11) is 0. The van der Waals surface area contributed by atoms with E-state index in [4.69, 9.17) is 16.3 Å². The van der Waals surface area contributed by atoms with Crippen molar-refractivity contribution in [3.05, 3.63) is 91.7 Å². The van der Waals surface area contributed by atoms with Crippen molar-refractivity contribution in [1.29, 1.82) is 0 Å². The molecule has 0 bridgehead atoms. The number of carbonyl (C=O) groups is 1. The van der Waals surface area contributed by atoms with Crippen molar-refractivity contribution in [1.82, 2.24) is 24.6 Å². The molecule has 0 spiro atoms. The molecule has 0 aliphatic carbocycles. The first-order valence-corrected chi connectivity index (χ1v) is 11.0. The number of benzene rings is 2. The van der Waals surface area contributed by atoms with Crippen LogP contribution in [0.4, 0.5) is 0 Å². The Labute approximate surface area is 195 Å². The summed E-state index contributed by atoms with van der Waals surface area (Å²) in [5.41, 5.74) is -0.750. The maximum Gasteiger partial charge on any atom is 0.352 e. The summed E-state index contributed by atoms with van der Waals surface area (Å²) in [5.74, 6) is -0.633. The molecule has 1 aliphatic rings. The summed E-state index contributed by atoms with van der Waals surface area (Å²) >= 11 is 6.25. The van der Waals surface area contributed by atoms with Crippen LogP contribution in [0.15, 0.2) is 64.2 Å². The fourth-order valence-electron chi connectivity index (χ4n) is 3.57. The van der Waals surface area contributed by atoms with Crippen molar-refractivity contribution in [2.24, 2.45) is 0 Å². The minimum atomic E-state index is -0.768. The van der Waals surface area contributed by atoms with Gasteiger partial charge in [0.1, 0.15) is 0 Å². The van der Waals surface area contributed by atoms with Crippen molar-refractivity contribution >= 4 is 17.5 Å². The second kappa shape index (κ2) is 10.6. The zero-order valence-corrected chi connectivity index (χ0v) is 18.7. The number of morpholine rings is 1. The SMILES string of the molecule is O=C(NCCN1CCOCC1)c1nn(-c2ccccc2)c(=O)n(Cc2ccccc2Cl)c1=O. The van der Waals surface area contributed by atoms with Gasteiger partial charge in [0.25, 0.3) is 11.5 Å². The summed E-state index contributed by atoms with van der Waals surface area (Å²) in [6.07, 6.45) is 0. The monoisotopic (exact) mass is 469 g/mol. The lowest BCUT2D eigenvalue weighted by molar-refractivity contribution is 0.0383. The number of aromatic nitrogens is 3. The van der Waals surface area contributed by atoms with Crippen LogP contribution in [0.3, 0.4) is 0 Å². The van der Waals surface area contributed by atoms with Gasteiger partial charge in [-0.25, -0.2) is 4.79 Å². The molecule has 0 radical (unpaired) electrons. The Morgan fingerprint density at radius 2 is 1.73 bits per heavy atom. The molecule has 9 nitrogen and oxygen atoms in total. The van der Waals surface area contributed by atoms with Gasteiger partial charge in [0.2, 0.25) is 5.69 Å². The lowest BCUT2D eigenvalue weighted by Gasteiger charge is -2.26. The Kier molecular flexibility index (Phi) is 7.33. The van der Waals surface area contributed by atoms with E-state index in [9.17, 15) is 14.4 Å². The zero-order valence-electron chi connectivity index (χ0n) is 17.9. The van der Waals surface area contributed by atoms with Crippen LogP contribution in [0.2, 0.25) is 5.02 Å². The molecule has 0 atom stereocenters. The van der Waals surface area contributed by atoms with Crippen molar-refractivity contribution in [2.75, 3.05) is 39.4 Å². The summed E-state index contributed by atoms with van der Waals surface area (Å²) in [4.78, 5) is 41.4. The van der Waals surface area contributed by atoms with Gasteiger partial charge in [-0.05, 0) is 23.8 Å². The van der Waals surface area contributed by atoms with E-state index in [0.717, 1.165) is 22.3 Å². The highest BCUT2D eigenvalue weighted by Gasteiger charge is 2.21. The third-order valence-corrected chi connectivity index (χ3v) is 5.75. The largest absolute Gasteiger partial charge is 0.379 e. The molecule has 10 heteroatoms. The number of halogens is 1. The first kappa shape index (κ1) is 22.9. The molecule has 1 amide bonds. The molecular weight excluding hydrogens is 446 g/mol. The second-order valence-corrected chi connectivity index (χ2v) is 7.98. The number of nitrogens with one attached hydrogen (secondary N) is 1. The number of ether oxygens (including phenoxy) is 1. The fraction of sp³-hybridized carbons (Fsp3) is 0.304. The smallest absolute Gasteiger partial charge is 0.352 e. The quantitative estimate of drug-likeness (QED) is 0.557. The number of hydrogen-bond donors (Lipinski definition) is 1. The van der Waals surface area contributed by atoms with E-state index in [1.54, 1.807) is 54.6 Å². The minimum Gasteiger partial charge on any atom is -0.379 e. The Hall–Kier alpha value is -3.27. The first-order valence-electron chi connectivity index (χ1n) is 10.7. The molecule has 2 aromatic carbocycles. The van der Waals surface area contributed by atoms with Gasteiger partial charge in [-0.2, -0.15) is 9.78 Å². The van der Waals surface area contributed by atoms with Gasteiger partial charge < -0.3 is 10.1 Å². The van der Waals surface area contributed by atoms with Gasteiger partial charge in [-0.3, -0.25) is 19.1 Å². The van der Waals surface area contributed by atoms with Crippen LogP contribution in [0.1, 0.15) is 16.1 Å². The average molecular weight is 470 g/mol. The highest BCUT2D eigenvalue weighted by Crippen LogP contribution is 2.15. The second-order valence-electron chi connectivity index (χ2n) is 7.57. The molecule has 33 heavy (non-hydrogen) atoms. The van der Waals surface area contributed by atoms with E-state index in [-0.39, 0.29) is 12.2 Å². The Morgan fingerprint density at radius 3 is 2.45 bits per heavy atom. The van der Waals surface area contributed by atoms with E-state index in [2.05, 4.69) is 15.3 Å². The highest BCUT2D eigenvalue weighted by atomic mass is 35.5. The number of hydrogen-bond acceptors (Lipinski definition) is 6. The van der Waals surface area contributed by atoms with E-state index < -0.39 is 17.2 Å². The third kappa shape index (κ3) is 5.39. The average Bonchev–Trinajstić information content (AvgIpc) is 2.84. The lowest BCUT2D eigenvalue weighted by atomic mass is 10.2. The van der Waals surface area contributed by atoms with E-state index in [0.29, 0.717) is 42.6 Å². The summed E-state index contributed by atoms with van der Waals surface area (Å²) < 4.78 is 7.37. The predicted octanol–water partition coefficient (Wildman–Crippen LogP) is 1.16. The molecular formula is C23H24ClN5O4. The van der Waals surface area contributed by atoms with Gasteiger partial charge in [0.15, 0.2) is 0 Å². The van der Waals surface area contributed by atoms with Crippen molar-refractivity contribution in [3.8, 4) is 5.69 Å². The topological polar surface area (TPSA) is 98.5 Å². The molecule has 0 saturated carbocycles. The van der Waals surface area contributed by atoms with Gasteiger partial charge in [0, 0.05) is 31.2 Å². The highest BCUT2D eigenvalue weighted by molar-refractivity contribution is 6.31. The molecule has 1 aliphatic heterocycles. The maximum atomic E-state index is 13.2. The number of amides is 1. The van der Waals surface area contributed by atoms with Crippen molar-refractivity contribution in [3.63, 3.8) is 0 Å². The third-order valence-electron chi connectivity index (χ3n) is 5.38. The zero-order chi connectivity index (χ0) is 23.2. The van der Waals surface area contributed by atoms with Gasteiger partial charge >= 0.3 is 5.69 Å². The normalized spacial score (nSPS) is 14.2. The summed E-state index contributed by atoms with van der Waals surface area (Å²) in [6, 6.07) is 15.6. The van der Waals surface area contributed by atoms with E-state index in [1.807, 2.05) is 0 Å². The Morgan fingerprint density at radius 1 is 1.03 bits per heavy atom. The van der Waals surface area contributed by atoms with Crippen LogP contribution in [0.25, 0.3) is 5.69 Å². The molecule has 1 aromatic heterocycles. The van der Waals surface area contributed by atoms with Crippen LogP contribution in [-0.4, -0.2) is 64.5 Å². The number of para-hydroxylation sites is 1. The maximum absolute atomic E-state index is 13.2. The van der Waals surface area contributed by atoms with Crippen LogP contribution >= 0.6 is 11.6 Å². The standard InChI is InChI=1S/C23H24ClN5O4/c24-19-9-5-4-6-17(19)16-28-22(31)20(21(30)25-10-11-27-12-14-33-15-13-27)26-29(23(28)32)18-7-2-1-3-8-18/h1-9H,10-16H2,(H,25,30). The first-order chi connectivity index (χ1) is 16.0. The van der Waals surface area contributed by atoms with E-state index in [1.165, 1.54) is 0 Å². The molecule has 1 fully saturated rings. The molecule has 3 aromatic rings. The van der Waals surface area contributed by atoms with Crippen LogP contribution in [0.5, 0.6) is 0 Å². The number of rotatable bonds is 7. The molecule has 172 valence electrons. The summed E-state index contributed by atoms with van der Waals surface area (Å²) in [6.45, 7) is 3.78. The van der Waals surface area contributed by atoms with Gasteiger partial charge in [-0.15, -0.1) is 0 Å². The van der Waals surface area contributed by atoms with Crippen molar-refractivity contribution in [2.45, 2.75) is 6.54 Å². The molecule has 1 N–H and O–H groups in total. The summed E-state index contributed by atoms with van der Waals surface area (Å²) in [5, 5.41) is 7.29. The van der Waals surface area contributed by atoms with Crippen LogP contribution < -0.4 is 16.6 Å². The lowest BCUT2D eigenvalue weighted by Crippen LogP contribution is -2.47. The number of carbonyl (C=O) groups excluding carboxylic acids is 1. The molecule has 0 unspecified atom stereocenters. The van der Waals surface area contributed by atoms with Gasteiger partial charge in [0.05, 0.1) is 25.4 Å². The van der Waals surface area contributed by atoms with Gasteiger partial charge in [-0.1, -0.05) is 48.0 Å². The van der Waals surface area contributed by atoms with Crippen LogP contribution in [-0.2, 0) is 11.3 Å². The molecule has 4 rings (SSSR count). The van der Waals surface area contributed by atoms with E-state index >= 15 is 0 Å². The fourth-order valence-corrected chi connectivity index (χ4v) is 3.76. The van der Waals surface area contributed by atoms with Crippen molar-refractivity contribution < 1.29 is 9.53 Å². The molecule has 1 saturated heterocycles. The minimum absolute atomic E-state index is 0.0826. The molecule has 2 heterocycles.